The van der Waals surface area contributed by atoms with Gasteiger partial charge in [0, 0.05) is 0 Å². The second kappa shape index (κ2) is 12.2. The van der Waals surface area contributed by atoms with Gasteiger partial charge in [0.2, 0.25) is 0 Å². The maximum atomic E-state index is 9.19. The molecular formula is C9H22O7S. The number of aliphatic hydroxyl groups excluding tert-OH is 1. The average molecular weight is 274 g/mol. The highest BCUT2D eigenvalue weighted by Gasteiger charge is 1.99. The Bertz CT molecular complexity index is 232. The number of hydrogen-bond acceptors (Lipinski definition) is 6. The first-order chi connectivity index (χ1) is 7.81. The van der Waals surface area contributed by atoms with E-state index in [9.17, 15) is 8.42 Å². The summed E-state index contributed by atoms with van der Waals surface area (Å²) in [5.74, 6) is 0. The van der Waals surface area contributed by atoms with Gasteiger partial charge in [-0.1, -0.05) is 24.8 Å². The molecule has 0 rings (SSSR count). The van der Waals surface area contributed by atoms with Crippen molar-refractivity contribution in [1.82, 2.24) is 0 Å². The first kappa shape index (κ1) is 19.1. The summed E-state index contributed by atoms with van der Waals surface area (Å²) in [7, 11) is -3.67. The van der Waals surface area contributed by atoms with Gasteiger partial charge >= 0.3 is 0 Å². The van der Waals surface area contributed by atoms with Gasteiger partial charge in [-0.05, 0) is 19.3 Å². The van der Waals surface area contributed by atoms with E-state index in [1.165, 1.54) is 0 Å². The van der Waals surface area contributed by atoms with E-state index in [1.54, 1.807) is 0 Å². The Hall–Kier alpha value is -0.250. The van der Waals surface area contributed by atoms with Crippen LogP contribution in [0.5, 0.6) is 0 Å². The molecule has 17 heavy (non-hydrogen) atoms. The summed E-state index contributed by atoms with van der Waals surface area (Å²) in [6.07, 6.45) is 5.03. The lowest BCUT2D eigenvalue weighted by atomic mass is 10.1. The van der Waals surface area contributed by atoms with Gasteiger partial charge in [-0.2, -0.15) is 8.42 Å². The summed E-state index contributed by atoms with van der Waals surface area (Å²) in [4.78, 5) is 4.26. The number of rotatable bonds is 8. The SMILES string of the molecule is CCC(O)CCCCCOOO.CS(=O)(=O)O. The number of hydrogen-bond donors (Lipinski definition) is 3. The molecule has 0 aliphatic heterocycles. The molecule has 0 aliphatic rings. The summed E-state index contributed by atoms with van der Waals surface area (Å²) in [5, 5.41) is 20.4. The van der Waals surface area contributed by atoms with Gasteiger partial charge in [0.1, 0.15) is 0 Å². The van der Waals surface area contributed by atoms with E-state index < -0.39 is 10.1 Å². The fourth-order valence-electron chi connectivity index (χ4n) is 0.959. The van der Waals surface area contributed by atoms with Crippen molar-refractivity contribution in [2.75, 3.05) is 12.9 Å². The van der Waals surface area contributed by atoms with E-state index in [-0.39, 0.29) is 6.10 Å². The second-order valence-corrected chi connectivity index (χ2v) is 5.01. The third kappa shape index (κ3) is 31.3. The Kier molecular flexibility index (Phi) is 13.7. The first-order valence-electron chi connectivity index (χ1n) is 5.34. The Morgan fingerprint density at radius 2 is 1.76 bits per heavy atom. The zero-order valence-electron chi connectivity index (χ0n) is 10.2. The van der Waals surface area contributed by atoms with Crippen LogP contribution in [0.3, 0.4) is 0 Å². The third-order valence-corrected chi connectivity index (χ3v) is 1.79. The van der Waals surface area contributed by atoms with Crippen LogP contribution in [0.15, 0.2) is 0 Å². The fourth-order valence-corrected chi connectivity index (χ4v) is 0.959. The maximum absolute atomic E-state index is 9.19. The average Bonchev–Trinajstić information content (AvgIpc) is 2.20. The van der Waals surface area contributed by atoms with Crippen LogP contribution in [-0.2, 0) is 20.0 Å². The van der Waals surface area contributed by atoms with Crippen molar-refractivity contribution < 1.29 is 33.3 Å². The molecule has 1 atom stereocenters. The Balaban J connectivity index is 0. The lowest BCUT2D eigenvalue weighted by molar-refractivity contribution is -0.490. The van der Waals surface area contributed by atoms with Crippen LogP contribution in [0, 0.1) is 0 Å². The highest BCUT2D eigenvalue weighted by Crippen LogP contribution is 2.05. The Labute approximate surface area is 102 Å². The van der Waals surface area contributed by atoms with Gasteiger partial charge < -0.3 is 5.11 Å². The van der Waals surface area contributed by atoms with Crippen LogP contribution in [0.1, 0.15) is 39.0 Å². The normalized spacial score (nSPS) is 12.8. The molecule has 0 saturated heterocycles. The minimum atomic E-state index is -3.67. The largest absolute Gasteiger partial charge is 0.393 e. The van der Waals surface area contributed by atoms with E-state index in [2.05, 4.69) is 9.93 Å². The second-order valence-electron chi connectivity index (χ2n) is 3.54. The van der Waals surface area contributed by atoms with E-state index in [1.807, 2.05) is 6.92 Å². The number of unbranched alkanes of at least 4 members (excludes halogenated alkanes) is 2. The molecule has 0 aromatic heterocycles. The van der Waals surface area contributed by atoms with Gasteiger partial charge in [0.15, 0.2) is 0 Å². The van der Waals surface area contributed by atoms with Crippen molar-refractivity contribution in [3.8, 4) is 0 Å². The summed E-state index contributed by atoms with van der Waals surface area (Å²) < 4.78 is 25.9. The van der Waals surface area contributed by atoms with Crippen molar-refractivity contribution >= 4 is 10.1 Å². The minimum absolute atomic E-state index is 0.167. The molecule has 0 aliphatic carbocycles. The predicted molar refractivity (Wildman–Crippen MR) is 61.9 cm³/mol. The van der Waals surface area contributed by atoms with E-state index in [0.29, 0.717) is 12.9 Å². The molecular weight excluding hydrogens is 252 g/mol. The van der Waals surface area contributed by atoms with E-state index in [4.69, 9.17) is 14.9 Å². The molecule has 106 valence electrons. The molecule has 3 N–H and O–H groups in total. The van der Waals surface area contributed by atoms with Gasteiger partial charge in [-0.15, -0.1) is 0 Å². The van der Waals surface area contributed by atoms with Crippen LogP contribution in [-0.4, -0.2) is 42.3 Å². The zero-order chi connectivity index (χ0) is 13.7. The topological polar surface area (TPSA) is 113 Å². The van der Waals surface area contributed by atoms with Crippen LogP contribution in [0.25, 0.3) is 0 Å². The molecule has 0 fully saturated rings. The van der Waals surface area contributed by atoms with Gasteiger partial charge in [-0.25, -0.2) is 10.1 Å². The predicted octanol–water partition coefficient (Wildman–Crippen LogP) is 1.24. The van der Waals surface area contributed by atoms with Crippen molar-refractivity contribution in [3.05, 3.63) is 0 Å². The van der Waals surface area contributed by atoms with E-state index in [0.717, 1.165) is 32.1 Å². The summed E-state index contributed by atoms with van der Waals surface area (Å²) in [6.45, 7) is 2.37. The van der Waals surface area contributed by atoms with Gasteiger partial charge in [-0.3, -0.25) is 4.55 Å². The highest BCUT2D eigenvalue weighted by atomic mass is 32.2. The van der Waals surface area contributed by atoms with Crippen LogP contribution < -0.4 is 0 Å². The molecule has 0 radical (unpaired) electrons. The first-order valence-corrected chi connectivity index (χ1v) is 7.19. The molecule has 0 aromatic rings. The molecule has 7 nitrogen and oxygen atoms in total. The molecule has 0 bridgehead atoms. The van der Waals surface area contributed by atoms with Gasteiger partial charge in [0.25, 0.3) is 10.1 Å². The molecule has 8 heteroatoms. The summed E-state index contributed by atoms with van der Waals surface area (Å²) in [6, 6.07) is 0. The van der Waals surface area contributed by atoms with E-state index >= 15 is 0 Å². The molecule has 0 amide bonds. The lowest BCUT2D eigenvalue weighted by Crippen LogP contribution is -2.03. The van der Waals surface area contributed by atoms with Crippen molar-refractivity contribution in [2.45, 2.75) is 45.1 Å². The molecule has 0 heterocycles. The van der Waals surface area contributed by atoms with Crippen LogP contribution >= 0.6 is 0 Å². The monoisotopic (exact) mass is 274 g/mol. The highest BCUT2D eigenvalue weighted by molar-refractivity contribution is 7.85. The minimum Gasteiger partial charge on any atom is -0.393 e. The van der Waals surface area contributed by atoms with Crippen molar-refractivity contribution in [2.24, 2.45) is 0 Å². The quantitative estimate of drug-likeness (QED) is 0.264. The molecule has 0 spiro atoms. The standard InChI is InChI=1S/C8H18O4.CH4O3S/c1-2-8(9)6-4-3-5-7-11-12-10;1-5(2,3)4/h8-10H,2-7H2,1H3;1H3,(H,2,3,4). The smallest absolute Gasteiger partial charge is 0.261 e. The third-order valence-electron chi connectivity index (χ3n) is 1.79. The zero-order valence-corrected chi connectivity index (χ0v) is 11.0. The van der Waals surface area contributed by atoms with Gasteiger partial charge in [0.05, 0.1) is 19.0 Å². The lowest BCUT2D eigenvalue weighted by Gasteiger charge is -2.05. The molecule has 0 saturated carbocycles. The molecule has 0 aromatic carbocycles. The van der Waals surface area contributed by atoms with Crippen LogP contribution in [0.4, 0.5) is 0 Å². The van der Waals surface area contributed by atoms with Crippen LogP contribution in [0.2, 0.25) is 0 Å². The number of aliphatic hydroxyl groups is 1. The summed E-state index contributed by atoms with van der Waals surface area (Å²) in [5.41, 5.74) is 0. The Morgan fingerprint density at radius 1 is 1.24 bits per heavy atom. The molecule has 1 unspecified atom stereocenters. The van der Waals surface area contributed by atoms with Crippen molar-refractivity contribution in [3.63, 3.8) is 0 Å². The van der Waals surface area contributed by atoms with Crippen molar-refractivity contribution in [1.29, 1.82) is 0 Å². The Morgan fingerprint density at radius 3 is 2.18 bits per heavy atom. The maximum Gasteiger partial charge on any atom is 0.261 e. The summed E-state index contributed by atoms with van der Waals surface area (Å²) >= 11 is 0. The fraction of sp³-hybridized carbons (Fsp3) is 1.00.